The molecule has 0 bridgehead atoms. The molecule has 0 spiro atoms. The first-order valence-electron chi connectivity index (χ1n) is 6.23. The highest BCUT2D eigenvalue weighted by atomic mass is 79.9. The van der Waals surface area contributed by atoms with Crippen LogP contribution in [0, 0.1) is 0 Å². The molecule has 0 unspecified atom stereocenters. The van der Waals surface area contributed by atoms with E-state index >= 15 is 0 Å². The summed E-state index contributed by atoms with van der Waals surface area (Å²) in [6, 6.07) is 6.59. The van der Waals surface area contributed by atoms with Crippen molar-refractivity contribution in [2.45, 2.75) is 4.90 Å². The van der Waals surface area contributed by atoms with Gasteiger partial charge >= 0.3 is 0 Å². The molecule has 2 aromatic rings. The maximum atomic E-state index is 11.8. The average molecular weight is 435 g/mol. The van der Waals surface area contributed by atoms with E-state index in [2.05, 4.69) is 31.8 Å². The van der Waals surface area contributed by atoms with Crippen molar-refractivity contribution in [3.63, 3.8) is 0 Å². The number of benzene rings is 1. The molecule has 0 aliphatic carbocycles. The number of amides is 2. The van der Waals surface area contributed by atoms with E-state index in [-0.39, 0.29) is 11.7 Å². The van der Waals surface area contributed by atoms with Crippen molar-refractivity contribution >= 4 is 62.7 Å². The molecule has 0 atom stereocenters. The molecule has 5 nitrogen and oxygen atoms in total. The topological polar surface area (TPSA) is 71.1 Å². The molecule has 2 amide bonds. The number of rotatable bonds is 4. The first-order valence-corrected chi connectivity index (χ1v) is 8.77. The van der Waals surface area contributed by atoms with E-state index in [4.69, 9.17) is 23.2 Å². The largest absolute Gasteiger partial charge is 0.272 e. The van der Waals surface area contributed by atoms with Gasteiger partial charge in [0.15, 0.2) is 0 Å². The highest BCUT2D eigenvalue weighted by Gasteiger charge is 2.10. The van der Waals surface area contributed by atoms with Crippen molar-refractivity contribution in [2.24, 2.45) is 0 Å². The molecule has 0 radical (unpaired) electrons. The average Bonchev–Trinajstić information content (AvgIpc) is 2.53. The molecule has 0 saturated heterocycles. The van der Waals surface area contributed by atoms with E-state index in [1.807, 2.05) is 0 Å². The Kier molecular flexibility index (Phi) is 6.71. The highest BCUT2D eigenvalue weighted by molar-refractivity contribution is 9.10. The SMILES string of the molecule is O=C(CSc1cc(Cl)ccc1Cl)NNC(=O)c1cncc(Br)c1. The third-order valence-corrected chi connectivity index (χ3v) is 4.70. The van der Waals surface area contributed by atoms with Gasteiger partial charge in [-0.1, -0.05) is 23.2 Å². The summed E-state index contributed by atoms with van der Waals surface area (Å²) in [4.78, 5) is 28.2. The summed E-state index contributed by atoms with van der Waals surface area (Å²) in [7, 11) is 0. The summed E-state index contributed by atoms with van der Waals surface area (Å²) in [5.74, 6) is -0.753. The van der Waals surface area contributed by atoms with E-state index in [1.165, 1.54) is 18.0 Å². The van der Waals surface area contributed by atoms with Crippen LogP contribution in [-0.2, 0) is 4.79 Å². The van der Waals surface area contributed by atoms with E-state index in [0.29, 0.717) is 25.0 Å². The van der Waals surface area contributed by atoms with Crippen LogP contribution in [0.4, 0.5) is 0 Å². The van der Waals surface area contributed by atoms with Gasteiger partial charge in [0.05, 0.1) is 16.3 Å². The van der Waals surface area contributed by atoms with E-state index in [9.17, 15) is 9.59 Å². The Balaban J connectivity index is 1.83. The number of pyridine rings is 1. The van der Waals surface area contributed by atoms with Crippen molar-refractivity contribution in [3.05, 3.63) is 56.7 Å². The summed E-state index contributed by atoms with van der Waals surface area (Å²) in [6.45, 7) is 0. The fourth-order valence-electron chi connectivity index (χ4n) is 1.50. The van der Waals surface area contributed by atoms with Gasteiger partial charge in [-0.05, 0) is 40.2 Å². The van der Waals surface area contributed by atoms with Crippen LogP contribution in [0.3, 0.4) is 0 Å². The minimum Gasteiger partial charge on any atom is -0.272 e. The first-order chi connectivity index (χ1) is 11.0. The van der Waals surface area contributed by atoms with Gasteiger partial charge in [0.2, 0.25) is 5.91 Å². The fraction of sp³-hybridized carbons (Fsp3) is 0.0714. The molecular weight excluding hydrogens is 425 g/mol. The second kappa shape index (κ2) is 8.54. The van der Waals surface area contributed by atoms with Crippen LogP contribution in [0.25, 0.3) is 0 Å². The first kappa shape index (κ1) is 18.1. The van der Waals surface area contributed by atoms with Gasteiger partial charge in [0, 0.05) is 26.8 Å². The highest BCUT2D eigenvalue weighted by Crippen LogP contribution is 2.29. The lowest BCUT2D eigenvalue weighted by Gasteiger charge is -2.08. The Bertz CT molecular complexity index is 746. The normalized spacial score (nSPS) is 10.2. The van der Waals surface area contributed by atoms with E-state index in [1.54, 1.807) is 30.5 Å². The van der Waals surface area contributed by atoms with Crippen LogP contribution in [0.15, 0.2) is 46.0 Å². The number of carbonyl (C=O) groups excluding carboxylic acids is 2. The molecule has 23 heavy (non-hydrogen) atoms. The predicted molar refractivity (Wildman–Crippen MR) is 94.7 cm³/mol. The number of nitrogens with zero attached hydrogens (tertiary/aromatic N) is 1. The minimum atomic E-state index is -0.460. The number of carbonyl (C=O) groups is 2. The van der Waals surface area contributed by atoms with Crippen LogP contribution < -0.4 is 10.9 Å². The molecule has 1 heterocycles. The Morgan fingerprint density at radius 1 is 1.17 bits per heavy atom. The van der Waals surface area contributed by atoms with Gasteiger partial charge in [-0.3, -0.25) is 25.4 Å². The van der Waals surface area contributed by atoms with Crippen molar-refractivity contribution in [1.82, 2.24) is 15.8 Å². The van der Waals surface area contributed by atoms with Gasteiger partial charge in [-0.2, -0.15) is 0 Å². The minimum absolute atomic E-state index is 0.0804. The third kappa shape index (κ3) is 5.69. The molecule has 0 saturated carbocycles. The molecule has 1 aromatic heterocycles. The number of thioether (sulfide) groups is 1. The Hall–Kier alpha value is -1.28. The Morgan fingerprint density at radius 3 is 2.70 bits per heavy atom. The second-order valence-electron chi connectivity index (χ2n) is 4.26. The molecule has 9 heteroatoms. The molecule has 2 N–H and O–H groups in total. The lowest BCUT2D eigenvalue weighted by Crippen LogP contribution is -2.42. The number of hydrazine groups is 1. The predicted octanol–water partition coefficient (Wildman–Crippen LogP) is 3.70. The number of halogens is 3. The van der Waals surface area contributed by atoms with Crippen molar-refractivity contribution in [3.8, 4) is 0 Å². The molecule has 0 aliphatic heterocycles. The monoisotopic (exact) mass is 433 g/mol. The molecular formula is C14H10BrCl2N3O2S. The van der Waals surface area contributed by atoms with Gasteiger partial charge in [0.25, 0.3) is 5.91 Å². The summed E-state index contributed by atoms with van der Waals surface area (Å²) < 4.78 is 0.669. The molecule has 2 rings (SSSR count). The zero-order valence-electron chi connectivity index (χ0n) is 11.5. The molecule has 0 aliphatic rings. The molecule has 0 fully saturated rings. The number of aromatic nitrogens is 1. The smallest absolute Gasteiger partial charge is 0.271 e. The van der Waals surface area contributed by atoms with Crippen molar-refractivity contribution < 1.29 is 9.59 Å². The summed E-state index contributed by atoms with van der Waals surface area (Å²) in [5, 5.41) is 1.05. The van der Waals surface area contributed by atoms with Crippen molar-refractivity contribution in [2.75, 3.05) is 5.75 Å². The van der Waals surface area contributed by atoms with Gasteiger partial charge in [0.1, 0.15) is 0 Å². The van der Waals surface area contributed by atoms with Crippen LogP contribution in [0.5, 0.6) is 0 Å². The number of nitrogens with one attached hydrogen (secondary N) is 2. The molecule has 1 aromatic carbocycles. The van der Waals surface area contributed by atoms with Crippen LogP contribution in [0.1, 0.15) is 10.4 Å². The van der Waals surface area contributed by atoms with E-state index < -0.39 is 5.91 Å². The number of hydrogen-bond acceptors (Lipinski definition) is 4. The van der Waals surface area contributed by atoms with Crippen LogP contribution in [-0.4, -0.2) is 22.6 Å². The maximum absolute atomic E-state index is 11.8. The van der Waals surface area contributed by atoms with Gasteiger partial charge in [-0.15, -0.1) is 11.8 Å². The van der Waals surface area contributed by atoms with Crippen LogP contribution in [0.2, 0.25) is 10.0 Å². The lowest BCUT2D eigenvalue weighted by atomic mass is 10.3. The summed E-state index contributed by atoms with van der Waals surface area (Å²) >= 11 is 16.3. The Morgan fingerprint density at radius 2 is 1.96 bits per heavy atom. The van der Waals surface area contributed by atoms with E-state index in [0.717, 1.165) is 0 Å². The zero-order chi connectivity index (χ0) is 16.8. The zero-order valence-corrected chi connectivity index (χ0v) is 15.4. The van der Waals surface area contributed by atoms with Crippen LogP contribution >= 0.6 is 50.9 Å². The number of hydrogen-bond donors (Lipinski definition) is 2. The molecule has 120 valence electrons. The third-order valence-electron chi connectivity index (χ3n) is 2.53. The quantitative estimate of drug-likeness (QED) is 0.568. The summed E-state index contributed by atoms with van der Waals surface area (Å²) in [6.07, 6.45) is 2.95. The maximum Gasteiger partial charge on any atom is 0.271 e. The van der Waals surface area contributed by atoms with Crippen molar-refractivity contribution in [1.29, 1.82) is 0 Å². The lowest BCUT2D eigenvalue weighted by molar-refractivity contribution is -0.119. The standard InChI is InChI=1S/C14H10BrCl2N3O2S/c15-9-3-8(5-18-6-9)14(22)20-19-13(21)7-23-12-4-10(16)1-2-11(12)17/h1-6H,7H2,(H,19,21)(H,20,22). The van der Waals surface area contributed by atoms with Gasteiger partial charge in [-0.25, -0.2) is 0 Å². The van der Waals surface area contributed by atoms with Gasteiger partial charge < -0.3 is 0 Å². The fourth-order valence-corrected chi connectivity index (χ4v) is 3.16. The summed E-state index contributed by atoms with van der Waals surface area (Å²) in [5.41, 5.74) is 4.97. The Labute approximate surface area is 155 Å². The second-order valence-corrected chi connectivity index (χ2v) is 7.03.